The van der Waals surface area contributed by atoms with E-state index in [9.17, 15) is 24.0 Å². The highest BCUT2D eigenvalue weighted by molar-refractivity contribution is 9.09. The Morgan fingerprint density at radius 1 is 0.872 bits per heavy atom. The first-order valence-corrected chi connectivity index (χ1v) is 13.9. The van der Waals surface area contributed by atoms with Gasteiger partial charge in [0.05, 0.1) is 12.4 Å². The van der Waals surface area contributed by atoms with Gasteiger partial charge < -0.3 is 19.7 Å². The van der Waals surface area contributed by atoms with Gasteiger partial charge >= 0.3 is 12.1 Å². The molecule has 2 amide bonds. The predicted octanol–water partition coefficient (Wildman–Crippen LogP) is 5.06. The van der Waals surface area contributed by atoms with Gasteiger partial charge in [0, 0.05) is 17.7 Å². The second-order valence-corrected chi connectivity index (χ2v) is 9.12. The number of esters is 1. The van der Waals surface area contributed by atoms with Gasteiger partial charge in [-0.3, -0.25) is 14.4 Å². The molecule has 2 aromatic carbocycles. The van der Waals surface area contributed by atoms with Crippen molar-refractivity contribution in [2.45, 2.75) is 46.6 Å². The number of nitrogens with zero attached hydrogens (tertiary/aromatic N) is 1. The molecule has 1 atom stereocenters. The molecule has 10 heteroatoms. The Kier molecular flexibility index (Phi) is 15.4. The predicted molar refractivity (Wildman–Crippen MR) is 153 cm³/mol. The number of carbonyl (C=O) groups is 5. The minimum atomic E-state index is -0.938. The topological polar surface area (TPSA) is 119 Å². The maximum Gasteiger partial charge on any atom is 0.407 e. The van der Waals surface area contributed by atoms with Crippen molar-refractivity contribution in [1.29, 1.82) is 0 Å². The van der Waals surface area contributed by atoms with Crippen LogP contribution in [0.25, 0.3) is 11.1 Å². The normalized spacial score (nSPS) is 10.8. The zero-order valence-corrected chi connectivity index (χ0v) is 24.7. The number of alkyl carbamates (subject to hydrolysis) is 1. The van der Waals surface area contributed by atoms with Crippen LogP contribution in [0.5, 0.6) is 0 Å². The number of ether oxygens (including phenoxy) is 2. The van der Waals surface area contributed by atoms with Gasteiger partial charge in [-0.15, -0.1) is 0 Å². The van der Waals surface area contributed by atoms with E-state index < -0.39 is 30.6 Å². The van der Waals surface area contributed by atoms with Crippen LogP contribution < -0.4 is 5.32 Å². The van der Waals surface area contributed by atoms with Crippen LogP contribution >= 0.6 is 15.9 Å². The molecule has 0 bridgehead atoms. The van der Waals surface area contributed by atoms with E-state index in [2.05, 4.69) is 39.8 Å². The summed E-state index contributed by atoms with van der Waals surface area (Å²) in [5.41, 5.74) is 2.73. The zero-order chi connectivity index (χ0) is 29.4. The summed E-state index contributed by atoms with van der Waals surface area (Å²) < 4.78 is 9.62. The lowest BCUT2D eigenvalue weighted by molar-refractivity contribution is -0.153. The van der Waals surface area contributed by atoms with Gasteiger partial charge in [-0.25, -0.2) is 9.59 Å². The standard InChI is InChI=1S/C26H29BrN2O7.C3H8/c1-4-13-29(24(32)15-28-26(34)35-3)17(2)25(33)36-16-23(31)21-11-7-19(8-12-21)18-5-9-20(10-6-18)22(30)14-27;1-3-2/h5-12,17H,4,13-16H2,1-3H3,(H,28,34);3H2,1-2H3. The SMILES string of the molecule is CCC.CCCN(C(=O)CNC(=O)OC)C(C)C(=O)OCC(=O)c1ccc(-c2ccc(C(=O)CBr)cc2)cc1. The first kappa shape index (κ1) is 33.5. The number of nitrogens with one attached hydrogen (secondary N) is 1. The zero-order valence-electron chi connectivity index (χ0n) is 23.1. The molecule has 0 spiro atoms. The van der Waals surface area contributed by atoms with Crippen LogP contribution in [0, 0.1) is 0 Å². The van der Waals surface area contributed by atoms with E-state index in [0.717, 1.165) is 11.1 Å². The fourth-order valence-electron chi connectivity index (χ4n) is 3.34. The number of methoxy groups -OCH3 is 1. The number of hydrogen-bond donors (Lipinski definition) is 1. The summed E-state index contributed by atoms with van der Waals surface area (Å²) in [5, 5.41) is 2.54. The molecule has 0 radical (unpaired) electrons. The smallest absolute Gasteiger partial charge is 0.407 e. The Bertz CT molecular complexity index is 1100. The van der Waals surface area contributed by atoms with E-state index in [1.165, 1.54) is 25.4 Å². The average Bonchev–Trinajstić information content (AvgIpc) is 2.96. The average molecular weight is 606 g/mol. The Morgan fingerprint density at radius 2 is 1.36 bits per heavy atom. The van der Waals surface area contributed by atoms with Crippen molar-refractivity contribution < 1.29 is 33.4 Å². The molecule has 0 fully saturated rings. The van der Waals surface area contributed by atoms with Crippen LogP contribution in [0.2, 0.25) is 0 Å². The number of halogens is 1. The number of carbonyl (C=O) groups excluding carboxylic acids is 5. The lowest BCUT2D eigenvalue weighted by Crippen LogP contribution is -2.48. The number of amides is 2. The fraction of sp³-hybridized carbons (Fsp3) is 0.414. The lowest BCUT2D eigenvalue weighted by atomic mass is 10.0. The molecule has 0 aliphatic heterocycles. The molecule has 0 heterocycles. The van der Waals surface area contributed by atoms with Gasteiger partial charge in [-0.2, -0.15) is 0 Å². The molecule has 1 N–H and O–H groups in total. The van der Waals surface area contributed by atoms with E-state index in [1.807, 2.05) is 19.1 Å². The third-order valence-corrected chi connectivity index (χ3v) is 5.89. The molecular formula is C29H37BrN2O7. The Balaban J connectivity index is 0.00000242. The van der Waals surface area contributed by atoms with E-state index in [4.69, 9.17) is 4.74 Å². The van der Waals surface area contributed by atoms with Gasteiger partial charge in [0.15, 0.2) is 18.2 Å². The molecule has 0 aromatic heterocycles. The molecular weight excluding hydrogens is 568 g/mol. The summed E-state index contributed by atoms with van der Waals surface area (Å²) in [6.07, 6.45) is 1.08. The van der Waals surface area contributed by atoms with Crippen molar-refractivity contribution in [3.63, 3.8) is 0 Å². The second-order valence-electron chi connectivity index (χ2n) is 8.56. The minimum Gasteiger partial charge on any atom is -0.456 e. The molecule has 0 saturated carbocycles. The van der Waals surface area contributed by atoms with Crippen molar-refractivity contribution >= 4 is 45.5 Å². The van der Waals surface area contributed by atoms with E-state index in [1.54, 1.807) is 36.4 Å². The van der Waals surface area contributed by atoms with Crippen molar-refractivity contribution in [3.05, 3.63) is 59.7 Å². The highest BCUT2D eigenvalue weighted by Crippen LogP contribution is 2.21. The molecule has 0 aliphatic carbocycles. The van der Waals surface area contributed by atoms with Crippen LogP contribution in [0.15, 0.2) is 48.5 Å². The molecule has 0 saturated heterocycles. The Labute approximate surface area is 238 Å². The highest BCUT2D eigenvalue weighted by atomic mass is 79.9. The molecule has 39 heavy (non-hydrogen) atoms. The maximum atomic E-state index is 12.6. The van der Waals surface area contributed by atoms with Crippen molar-refractivity contribution in [3.8, 4) is 11.1 Å². The van der Waals surface area contributed by atoms with Crippen molar-refractivity contribution in [1.82, 2.24) is 10.2 Å². The van der Waals surface area contributed by atoms with E-state index >= 15 is 0 Å². The van der Waals surface area contributed by atoms with Crippen LogP contribution in [0.3, 0.4) is 0 Å². The summed E-state index contributed by atoms with van der Waals surface area (Å²) in [4.78, 5) is 61.8. The number of Topliss-reactive ketones (excluding diaryl/α,β-unsaturated/α-hetero) is 2. The molecule has 9 nitrogen and oxygen atoms in total. The summed E-state index contributed by atoms with van der Waals surface area (Å²) in [6.45, 7) is 7.07. The molecule has 212 valence electrons. The summed E-state index contributed by atoms with van der Waals surface area (Å²) >= 11 is 3.15. The van der Waals surface area contributed by atoms with Gasteiger partial charge in [-0.1, -0.05) is 91.7 Å². The number of hydrogen-bond acceptors (Lipinski definition) is 7. The quantitative estimate of drug-likeness (QED) is 0.204. The summed E-state index contributed by atoms with van der Waals surface area (Å²) in [7, 11) is 1.18. The largest absolute Gasteiger partial charge is 0.456 e. The van der Waals surface area contributed by atoms with Gasteiger partial charge in [0.1, 0.15) is 12.6 Å². The van der Waals surface area contributed by atoms with Crippen LogP contribution in [-0.2, 0) is 19.1 Å². The monoisotopic (exact) mass is 604 g/mol. The van der Waals surface area contributed by atoms with Crippen molar-refractivity contribution in [2.24, 2.45) is 0 Å². The third kappa shape index (κ3) is 11.0. The van der Waals surface area contributed by atoms with Gasteiger partial charge in [-0.05, 0) is 24.5 Å². The maximum absolute atomic E-state index is 12.6. The summed E-state index contributed by atoms with van der Waals surface area (Å²) in [6, 6.07) is 13.0. The Morgan fingerprint density at radius 3 is 1.79 bits per heavy atom. The molecule has 0 aliphatic rings. The first-order valence-electron chi connectivity index (χ1n) is 12.7. The number of ketones is 2. The lowest BCUT2D eigenvalue weighted by Gasteiger charge is -2.27. The highest BCUT2D eigenvalue weighted by Gasteiger charge is 2.27. The van der Waals surface area contributed by atoms with Crippen LogP contribution in [0.4, 0.5) is 4.79 Å². The van der Waals surface area contributed by atoms with Crippen LogP contribution in [0.1, 0.15) is 61.3 Å². The first-order chi connectivity index (χ1) is 18.6. The minimum absolute atomic E-state index is 0.00796. The van der Waals surface area contributed by atoms with E-state index in [0.29, 0.717) is 17.5 Å². The van der Waals surface area contributed by atoms with Gasteiger partial charge in [0.2, 0.25) is 5.91 Å². The molecule has 1 unspecified atom stereocenters. The third-order valence-electron chi connectivity index (χ3n) is 5.38. The van der Waals surface area contributed by atoms with Crippen LogP contribution in [-0.4, -0.2) is 72.6 Å². The Hall–Kier alpha value is -3.53. The number of benzene rings is 2. The number of alkyl halides is 1. The number of rotatable bonds is 12. The second kappa shape index (κ2) is 17.9. The van der Waals surface area contributed by atoms with E-state index in [-0.39, 0.29) is 30.0 Å². The molecule has 2 aromatic rings. The summed E-state index contributed by atoms with van der Waals surface area (Å²) in [5.74, 6) is -1.59. The molecule has 2 rings (SSSR count). The van der Waals surface area contributed by atoms with Gasteiger partial charge in [0.25, 0.3) is 0 Å². The van der Waals surface area contributed by atoms with Crippen molar-refractivity contribution in [2.75, 3.05) is 32.1 Å². The fourth-order valence-corrected chi connectivity index (χ4v) is 3.66.